The zero-order valence-corrected chi connectivity index (χ0v) is 16.5. The molecule has 150 valence electrons. The fourth-order valence-corrected chi connectivity index (χ4v) is 2.60. The van der Waals surface area contributed by atoms with Crippen LogP contribution in [0.3, 0.4) is 0 Å². The second-order valence-electron chi connectivity index (χ2n) is 6.43. The van der Waals surface area contributed by atoms with Crippen molar-refractivity contribution >= 4 is 23.3 Å². The van der Waals surface area contributed by atoms with Gasteiger partial charge in [-0.25, -0.2) is 4.79 Å². The van der Waals surface area contributed by atoms with Gasteiger partial charge in [0.1, 0.15) is 6.54 Å². The summed E-state index contributed by atoms with van der Waals surface area (Å²) < 4.78 is 4.96. The first-order chi connectivity index (χ1) is 14.0. The Kier molecular flexibility index (Phi) is 6.18. The lowest BCUT2D eigenvalue weighted by molar-refractivity contribution is -0.117. The average Bonchev–Trinajstić information content (AvgIpc) is 3.16. The molecule has 0 saturated carbocycles. The number of tetrazole rings is 1. The van der Waals surface area contributed by atoms with Crippen molar-refractivity contribution in [1.82, 2.24) is 20.2 Å². The summed E-state index contributed by atoms with van der Waals surface area (Å²) in [5, 5.41) is 14.9. The molecule has 0 unspecified atom stereocenters. The van der Waals surface area contributed by atoms with Crippen LogP contribution in [-0.2, 0) is 16.1 Å². The van der Waals surface area contributed by atoms with E-state index < -0.39 is 5.97 Å². The molecule has 0 spiro atoms. The third kappa shape index (κ3) is 5.16. The summed E-state index contributed by atoms with van der Waals surface area (Å²) in [7, 11) is 3.93. The van der Waals surface area contributed by atoms with E-state index in [-0.39, 0.29) is 19.1 Å². The van der Waals surface area contributed by atoms with E-state index in [4.69, 9.17) is 4.74 Å². The lowest BCUT2D eigenvalue weighted by Gasteiger charge is -2.11. The molecule has 1 amide bonds. The van der Waals surface area contributed by atoms with E-state index in [1.54, 1.807) is 31.2 Å². The van der Waals surface area contributed by atoms with Gasteiger partial charge >= 0.3 is 5.97 Å². The first-order valence-electron chi connectivity index (χ1n) is 9.09. The van der Waals surface area contributed by atoms with E-state index in [1.807, 2.05) is 43.3 Å². The summed E-state index contributed by atoms with van der Waals surface area (Å²) >= 11 is 0. The number of amides is 1. The monoisotopic (exact) mass is 394 g/mol. The van der Waals surface area contributed by atoms with E-state index in [0.717, 1.165) is 11.3 Å². The van der Waals surface area contributed by atoms with Gasteiger partial charge < -0.3 is 15.0 Å². The Morgan fingerprint density at radius 2 is 1.90 bits per heavy atom. The standard InChI is InChI=1S/C20H22N6O3/c1-4-29-20(28)15-6-5-7-16(12-15)21-18(27)13-26-23-19(22-24-26)14-8-10-17(11-9-14)25(2)3/h5-12H,4,13H2,1-3H3,(H,21,27). The van der Waals surface area contributed by atoms with Crippen molar-refractivity contribution in [3.8, 4) is 11.4 Å². The molecule has 0 saturated heterocycles. The SMILES string of the molecule is CCOC(=O)c1cccc(NC(=O)Cn2nnc(-c3ccc(N(C)C)cc3)n2)c1. The van der Waals surface area contributed by atoms with Crippen molar-refractivity contribution in [3.05, 3.63) is 54.1 Å². The van der Waals surface area contributed by atoms with Crippen LogP contribution in [0.4, 0.5) is 11.4 Å². The Morgan fingerprint density at radius 3 is 2.59 bits per heavy atom. The van der Waals surface area contributed by atoms with Crippen molar-refractivity contribution in [3.63, 3.8) is 0 Å². The van der Waals surface area contributed by atoms with Crippen LogP contribution in [0.1, 0.15) is 17.3 Å². The highest BCUT2D eigenvalue weighted by molar-refractivity contribution is 5.94. The van der Waals surface area contributed by atoms with Crippen LogP contribution in [0, 0.1) is 0 Å². The summed E-state index contributed by atoms with van der Waals surface area (Å²) in [6.07, 6.45) is 0. The van der Waals surface area contributed by atoms with Crippen molar-refractivity contribution < 1.29 is 14.3 Å². The van der Waals surface area contributed by atoms with Crippen LogP contribution < -0.4 is 10.2 Å². The van der Waals surface area contributed by atoms with E-state index >= 15 is 0 Å². The molecule has 0 atom stereocenters. The summed E-state index contributed by atoms with van der Waals surface area (Å²) in [5.74, 6) is -0.336. The van der Waals surface area contributed by atoms with Gasteiger partial charge in [0.05, 0.1) is 12.2 Å². The molecule has 0 bridgehead atoms. The third-order valence-electron chi connectivity index (χ3n) is 4.04. The summed E-state index contributed by atoms with van der Waals surface area (Å²) in [6.45, 7) is 1.92. The van der Waals surface area contributed by atoms with E-state index in [2.05, 4.69) is 20.7 Å². The van der Waals surface area contributed by atoms with Crippen molar-refractivity contribution in [1.29, 1.82) is 0 Å². The van der Waals surface area contributed by atoms with Gasteiger partial charge in [-0.05, 0) is 54.6 Å². The van der Waals surface area contributed by atoms with Gasteiger partial charge in [0.15, 0.2) is 0 Å². The Balaban J connectivity index is 1.63. The second kappa shape index (κ2) is 8.96. The minimum absolute atomic E-state index is 0.105. The quantitative estimate of drug-likeness (QED) is 0.613. The molecule has 1 aromatic heterocycles. The predicted molar refractivity (Wildman–Crippen MR) is 109 cm³/mol. The minimum Gasteiger partial charge on any atom is -0.462 e. The number of aromatic nitrogens is 4. The predicted octanol–water partition coefficient (Wildman–Crippen LogP) is 2.22. The van der Waals surface area contributed by atoms with Gasteiger partial charge in [-0.3, -0.25) is 4.79 Å². The number of anilines is 2. The van der Waals surface area contributed by atoms with Crippen LogP contribution in [-0.4, -0.2) is 52.8 Å². The molecule has 0 radical (unpaired) electrons. The first kappa shape index (κ1) is 20.0. The molecule has 0 fully saturated rings. The molecular weight excluding hydrogens is 372 g/mol. The maximum absolute atomic E-state index is 12.3. The number of ether oxygens (including phenoxy) is 1. The molecule has 3 rings (SSSR count). The minimum atomic E-state index is -0.438. The fraction of sp³-hybridized carbons (Fsp3) is 0.250. The number of esters is 1. The smallest absolute Gasteiger partial charge is 0.338 e. The summed E-state index contributed by atoms with van der Waals surface area (Å²) in [6, 6.07) is 14.3. The number of benzene rings is 2. The van der Waals surface area contributed by atoms with Crippen molar-refractivity contribution in [2.75, 3.05) is 30.9 Å². The maximum Gasteiger partial charge on any atom is 0.338 e. The molecule has 3 aromatic rings. The van der Waals surface area contributed by atoms with Gasteiger partial charge in [0.2, 0.25) is 11.7 Å². The van der Waals surface area contributed by atoms with Gasteiger partial charge in [0, 0.05) is 31.0 Å². The number of hydrogen-bond donors (Lipinski definition) is 1. The third-order valence-corrected chi connectivity index (χ3v) is 4.04. The molecule has 1 heterocycles. The first-order valence-corrected chi connectivity index (χ1v) is 9.09. The lowest BCUT2D eigenvalue weighted by Crippen LogP contribution is -2.20. The zero-order chi connectivity index (χ0) is 20.8. The van der Waals surface area contributed by atoms with Crippen LogP contribution >= 0.6 is 0 Å². The van der Waals surface area contributed by atoms with Crippen LogP contribution in [0.5, 0.6) is 0 Å². The average molecular weight is 394 g/mol. The number of rotatable bonds is 7. The van der Waals surface area contributed by atoms with Crippen molar-refractivity contribution in [2.45, 2.75) is 13.5 Å². The Morgan fingerprint density at radius 1 is 1.14 bits per heavy atom. The van der Waals surface area contributed by atoms with Gasteiger partial charge in [-0.1, -0.05) is 6.07 Å². The molecule has 9 heteroatoms. The molecule has 0 aliphatic rings. The maximum atomic E-state index is 12.3. The Labute approximate surface area is 168 Å². The molecule has 2 aromatic carbocycles. The highest BCUT2D eigenvalue weighted by atomic mass is 16.5. The van der Waals surface area contributed by atoms with Crippen LogP contribution in [0.15, 0.2) is 48.5 Å². The van der Waals surface area contributed by atoms with Crippen molar-refractivity contribution in [2.24, 2.45) is 0 Å². The number of nitrogens with one attached hydrogen (secondary N) is 1. The molecular formula is C20H22N6O3. The number of carbonyl (C=O) groups excluding carboxylic acids is 2. The number of nitrogens with zero attached hydrogens (tertiary/aromatic N) is 5. The van der Waals surface area contributed by atoms with E-state index in [1.165, 1.54) is 4.80 Å². The Hall–Kier alpha value is -3.75. The second-order valence-corrected chi connectivity index (χ2v) is 6.43. The van der Waals surface area contributed by atoms with E-state index in [0.29, 0.717) is 17.1 Å². The molecule has 0 aliphatic heterocycles. The highest BCUT2D eigenvalue weighted by Crippen LogP contribution is 2.18. The molecule has 29 heavy (non-hydrogen) atoms. The van der Waals surface area contributed by atoms with Crippen LogP contribution in [0.25, 0.3) is 11.4 Å². The summed E-state index contributed by atoms with van der Waals surface area (Å²) in [4.78, 5) is 27.3. The molecule has 1 N–H and O–H groups in total. The zero-order valence-electron chi connectivity index (χ0n) is 16.5. The van der Waals surface area contributed by atoms with Gasteiger partial charge in [-0.2, -0.15) is 4.80 Å². The normalized spacial score (nSPS) is 10.4. The summed E-state index contributed by atoms with van der Waals surface area (Å²) in [5.41, 5.74) is 2.72. The lowest BCUT2D eigenvalue weighted by atomic mass is 10.2. The van der Waals surface area contributed by atoms with Gasteiger partial charge in [-0.15, -0.1) is 10.2 Å². The molecule has 9 nitrogen and oxygen atoms in total. The topological polar surface area (TPSA) is 102 Å². The largest absolute Gasteiger partial charge is 0.462 e. The number of carbonyl (C=O) groups is 2. The van der Waals surface area contributed by atoms with Gasteiger partial charge in [0.25, 0.3) is 0 Å². The molecule has 0 aliphatic carbocycles. The van der Waals surface area contributed by atoms with E-state index in [9.17, 15) is 9.59 Å². The number of hydrogen-bond acceptors (Lipinski definition) is 7. The highest BCUT2D eigenvalue weighted by Gasteiger charge is 2.12. The fourth-order valence-electron chi connectivity index (χ4n) is 2.60. The Bertz CT molecular complexity index is 997. The van der Waals surface area contributed by atoms with Crippen LogP contribution in [0.2, 0.25) is 0 Å².